The van der Waals surface area contributed by atoms with Gasteiger partial charge in [0, 0.05) is 17.1 Å². The molecule has 0 bridgehead atoms. The van der Waals surface area contributed by atoms with Crippen LogP contribution in [0.15, 0.2) is 237 Å². The minimum absolute atomic E-state index is 0.159. The van der Waals surface area contributed by atoms with Crippen molar-refractivity contribution in [3.8, 4) is 69.8 Å². The van der Waals surface area contributed by atoms with Gasteiger partial charge in [-0.2, -0.15) is 0 Å². The van der Waals surface area contributed by atoms with Gasteiger partial charge in [0.1, 0.15) is 69.9 Å². The number of nitrogens with zero attached hydrogens (tertiary/aromatic N) is 6. The van der Waals surface area contributed by atoms with Gasteiger partial charge in [-0.15, -0.1) is 15.0 Å². The zero-order chi connectivity index (χ0) is 59.4. The summed E-state index contributed by atoms with van der Waals surface area (Å²) in [6.45, 7) is 0. The second-order valence-corrected chi connectivity index (χ2v) is 20.3. The highest BCUT2D eigenvalue weighted by atomic mass is 16.5. The third-order valence-corrected chi connectivity index (χ3v) is 15.1. The SMILES string of the molecule is COc1ccc(N2C(=O)C(Oc3ccccc3)C2c2ccc(Oc3nc(Oc4ccc(C5C(Oc6ccccc6)C(=O)N5c5ccc(OC)cc5)cc4)nc(Oc4ccc(C5C(Oc6ccccc6)C(=O)N5c5ccc(OC)cc5)cc4)n3)cc2)cc1. The van der Waals surface area contributed by atoms with Gasteiger partial charge in [-0.05, 0) is 162 Å². The first kappa shape index (κ1) is 54.8. The van der Waals surface area contributed by atoms with E-state index >= 15 is 0 Å². The average Bonchev–Trinajstić information content (AvgIpc) is 0.916. The number of methoxy groups -OCH3 is 3. The number of rotatable bonds is 21. The van der Waals surface area contributed by atoms with E-state index in [-0.39, 0.29) is 35.8 Å². The van der Waals surface area contributed by atoms with Gasteiger partial charge >= 0.3 is 18.0 Å². The molecule has 87 heavy (non-hydrogen) atoms. The Hall–Kier alpha value is -11.4. The Morgan fingerprint density at radius 2 is 0.506 bits per heavy atom. The quantitative estimate of drug-likeness (QED) is 0.0619. The number of carbonyl (C=O) groups excluding carboxylic acids is 3. The fourth-order valence-corrected chi connectivity index (χ4v) is 10.7. The number of ether oxygens (including phenoxy) is 9. The summed E-state index contributed by atoms with van der Waals surface area (Å²) >= 11 is 0. The van der Waals surface area contributed by atoms with Gasteiger partial charge < -0.3 is 42.6 Å². The zero-order valence-electron chi connectivity index (χ0n) is 47.1. The van der Waals surface area contributed by atoms with E-state index in [1.54, 1.807) is 109 Å². The maximum atomic E-state index is 13.9. The monoisotopic (exact) mass is 1160 g/mol. The predicted molar refractivity (Wildman–Crippen MR) is 322 cm³/mol. The van der Waals surface area contributed by atoms with Crippen LogP contribution in [0.3, 0.4) is 0 Å². The van der Waals surface area contributed by atoms with Gasteiger partial charge in [-0.1, -0.05) is 91.0 Å². The predicted octanol–water partition coefficient (Wildman–Crippen LogP) is 12.9. The summed E-state index contributed by atoms with van der Waals surface area (Å²) in [6.07, 6.45) is -2.44. The zero-order valence-corrected chi connectivity index (χ0v) is 47.1. The molecule has 3 fully saturated rings. The molecule has 3 aliphatic rings. The molecule has 4 heterocycles. The van der Waals surface area contributed by atoms with Gasteiger partial charge in [0.25, 0.3) is 17.7 Å². The number of β-lactam (4-membered cyclic amide) rings is 3. The highest BCUT2D eigenvalue weighted by Gasteiger charge is 2.53. The van der Waals surface area contributed by atoms with Crippen LogP contribution in [0.25, 0.3) is 0 Å². The van der Waals surface area contributed by atoms with E-state index in [0.29, 0.717) is 68.8 Å². The lowest BCUT2D eigenvalue weighted by Gasteiger charge is -2.46. The molecule has 18 nitrogen and oxygen atoms in total. The molecule has 432 valence electrons. The Labute approximate surface area is 500 Å². The fourth-order valence-electron chi connectivity index (χ4n) is 10.7. The second kappa shape index (κ2) is 24.1. The van der Waals surface area contributed by atoms with Crippen LogP contribution in [0.4, 0.5) is 17.1 Å². The summed E-state index contributed by atoms with van der Waals surface area (Å²) in [5, 5.41) is 0. The van der Waals surface area contributed by atoms with Crippen LogP contribution in [-0.4, -0.2) is 72.3 Å². The minimum Gasteiger partial charge on any atom is -0.497 e. The number of anilines is 3. The van der Waals surface area contributed by atoms with Gasteiger partial charge in [0.15, 0.2) is 0 Å². The van der Waals surface area contributed by atoms with Crippen LogP contribution < -0.4 is 57.3 Å². The normalized spacial score (nSPS) is 18.5. The van der Waals surface area contributed by atoms with Gasteiger partial charge in [0.05, 0.1) is 21.3 Å². The molecule has 9 aromatic carbocycles. The van der Waals surface area contributed by atoms with Crippen LogP contribution >= 0.6 is 0 Å². The molecule has 0 radical (unpaired) electrons. The highest BCUT2D eigenvalue weighted by molar-refractivity contribution is 6.07. The van der Waals surface area contributed by atoms with Crippen LogP contribution in [0.1, 0.15) is 34.8 Å². The topological polar surface area (TPSA) is 183 Å². The maximum Gasteiger partial charge on any atom is 0.331 e. The Morgan fingerprint density at radius 3 is 0.736 bits per heavy atom. The molecule has 6 unspecified atom stereocenters. The van der Waals surface area contributed by atoms with Crippen molar-refractivity contribution in [1.29, 1.82) is 0 Å². The summed E-state index contributed by atoms with van der Waals surface area (Å²) in [7, 11) is 4.77. The van der Waals surface area contributed by atoms with Crippen LogP contribution in [-0.2, 0) is 14.4 Å². The van der Waals surface area contributed by atoms with Crippen LogP contribution in [0, 0.1) is 0 Å². The Morgan fingerprint density at radius 1 is 0.276 bits per heavy atom. The van der Waals surface area contributed by atoms with E-state index in [1.165, 1.54) is 0 Å². The second-order valence-electron chi connectivity index (χ2n) is 20.3. The largest absolute Gasteiger partial charge is 0.497 e. The van der Waals surface area contributed by atoms with E-state index in [0.717, 1.165) is 16.7 Å². The molecule has 10 aromatic rings. The first-order chi connectivity index (χ1) is 42.7. The molecular formula is C69H54N6O12. The number of amides is 3. The minimum atomic E-state index is -0.812. The summed E-state index contributed by atoms with van der Waals surface area (Å²) in [6, 6.07) is 69.1. The molecular weight excluding hydrogens is 1100 g/mol. The van der Waals surface area contributed by atoms with Crippen molar-refractivity contribution in [3.05, 3.63) is 253 Å². The van der Waals surface area contributed by atoms with E-state index in [1.807, 2.05) is 164 Å². The molecule has 3 saturated heterocycles. The Bertz CT molecular complexity index is 3610. The molecule has 13 rings (SSSR count). The molecule has 0 aliphatic carbocycles. The number of benzene rings is 9. The molecule has 0 N–H and O–H groups in total. The van der Waals surface area contributed by atoms with Gasteiger partial charge in [0.2, 0.25) is 18.3 Å². The third kappa shape index (κ3) is 11.3. The number of hydrogen-bond donors (Lipinski definition) is 0. The number of para-hydroxylation sites is 3. The van der Waals surface area contributed by atoms with Crippen LogP contribution in [0.2, 0.25) is 0 Å². The summed E-state index contributed by atoms with van der Waals surface area (Å²) in [5.74, 6) is 4.12. The van der Waals surface area contributed by atoms with Crippen molar-refractivity contribution < 1.29 is 57.0 Å². The number of hydrogen-bond acceptors (Lipinski definition) is 15. The first-order valence-corrected chi connectivity index (χ1v) is 27.8. The lowest BCUT2D eigenvalue weighted by atomic mass is 9.89. The number of carbonyl (C=O) groups is 3. The van der Waals surface area contributed by atoms with Crippen LogP contribution in [0.5, 0.6) is 69.8 Å². The van der Waals surface area contributed by atoms with Crippen molar-refractivity contribution in [2.24, 2.45) is 0 Å². The summed E-state index contributed by atoms with van der Waals surface area (Å²) in [5.41, 5.74) is 4.38. The molecule has 1 aromatic heterocycles. The lowest BCUT2D eigenvalue weighted by molar-refractivity contribution is -0.135. The van der Waals surface area contributed by atoms with E-state index in [2.05, 4.69) is 15.0 Å². The number of aromatic nitrogens is 3. The standard InChI is InChI=1S/C69H54N6O12/c1-79-49-37-25-46(26-38-49)73-58(61(64(73)76)82-52-13-7-4-8-14-52)43-19-31-55(32-20-43)85-67-70-68(86-56-33-21-44(22-34-56)59-62(83-53-15-9-5-10-16-53)65(77)74(59)47-27-39-50(80-2)40-28-47)72-69(71-67)87-57-35-23-45(24-36-57)60-63(84-54-17-11-6-12-18-54)66(78)75(60)48-29-41-51(81-3)42-30-48/h4-42,58-63H,1-3H3. The summed E-state index contributed by atoms with van der Waals surface area (Å²) < 4.78 is 54.1. The molecule has 6 atom stereocenters. The fraction of sp³-hybridized carbons (Fsp3) is 0.130. The average molecular weight is 1160 g/mol. The van der Waals surface area contributed by atoms with Crippen molar-refractivity contribution in [3.63, 3.8) is 0 Å². The van der Waals surface area contributed by atoms with Crippen molar-refractivity contribution in [1.82, 2.24) is 15.0 Å². The molecule has 0 spiro atoms. The molecule has 3 amide bonds. The summed E-state index contributed by atoms with van der Waals surface area (Å²) in [4.78, 5) is 60.4. The van der Waals surface area contributed by atoms with Gasteiger partial charge in [-0.3, -0.25) is 29.1 Å². The lowest BCUT2D eigenvalue weighted by Crippen LogP contribution is -2.61. The van der Waals surface area contributed by atoms with Crippen molar-refractivity contribution >= 4 is 34.8 Å². The smallest absolute Gasteiger partial charge is 0.331 e. The van der Waals surface area contributed by atoms with Crippen molar-refractivity contribution in [2.45, 2.75) is 36.4 Å². The first-order valence-electron chi connectivity index (χ1n) is 27.8. The van der Waals surface area contributed by atoms with E-state index in [4.69, 9.17) is 42.6 Å². The van der Waals surface area contributed by atoms with E-state index in [9.17, 15) is 14.4 Å². The third-order valence-electron chi connectivity index (χ3n) is 15.1. The Kier molecular flexibility index (Phi) is 15.2. The highest BCUT2D eigenvalue weighted by Crippen LogP contribution is 2.46. The molecule has 0 saturated carbocycles. The van der Waals surface area contributed by atoms with Gasteiger partial charge in [-0.25, -0.2) is 0 Å². The maximum absolute atomic E-state index is 13.9. The Balaban J connectivity index is 0.794. The van der Waals surface area contributed by atoms with E-state index < -0.39 is 36.4 Å². The molecule has 3 aliphatic heterocycles. The molecule has 18 heteroatoms. The van der Waals surface area contributed by atoms with Crippen molar-refractivity contribution in [2.75, 3.05) is 36.0 Å².